The molecule has 3 fully saturated rings. The first-order valence-electron chi connectivity index (χ1n) is 11.7. The quantitative estimate of drug-likeness (QED) is 0.321. The number of hydrogen-bond donors (Lipinski definition) is 2. The zero-order chi connectivity index (χ0) is 27.0. The average Bonchev–Trinajstić information content (AvgIpc) is 3.17. The van der Waals surface area contributed by atoms with Gasteiger partial charge in [0.2, 0.25) is 11.8 Å². The van der Waals surface area contributed by atoms with Crippen molar-refractivity contribution in [3.8, 4) is 11.5 Å². The number of phenolic OH excluding ortho intramolecular Hbond substituents is 1. The number of carboxylic acid groups (broad SMARTS) is 1. The Balaban J connectivity index is 1.70. The summed E-state index contributed by atoms with van der Waals surface area (Å²) in [6.07, 6.45) is 1.27. The summed E-state index contributed by atoms with van der Waals surface area (Å²) in [6.45, 7) is -0.273. The van der Waals surface area contributed by atoms with E-state index in [1.807, 2.05) is 0 Å². The Hall–Kier alpha value is -3.11. The number of carboxylic acids is 1. The first-order valence-corrected chi connectivity index (χ1v) is 12.5. The van der Waals surface area contributed by atoms with Crippen molar-refractivity contribution in [2.45, 2.75) is 34.9 Å². The summed E-state index contributed by atoms with van der Waals surface area (Å²) in [5, 5.41) is 20.0. The van der Waals surface area contributed by atoms with E-state index in [0.29, 0.717) is 5.57 Å². The van der Waals surface area contributed by atoms with Crippen LogP contribution in [0.15, 0.2) is 29.8 Å². The fourth-order valence-corrected chi connectivity index (χ4v) is 7.56. The van der Waals surface area contributed by atoms with Gasteiger partial charge in [0.1, 0.15) is 11.5 Å². The number of likely N-dealkylation sites (tertiary alicyclic amines) is 2. The topological polar surface area (TPSA) is 142 Å². The summed E-state index contributed by atoms with van der Waals surface area (Å²) in [7, 11) is 2.65. The zero-order valence-corrected chi connectivity index (χ0v) is 21.5. The highest BCUT2D eigenvalue weighted by Gasteiger charge is 2.76. The van der Waals surface area contributed by atoms with Crippen LogP contribution in [-0.4, -0.2) is 80.1 Å². The number of alkyl halides is 2. The number of allylic oxidation sites excluding steroid dienone is 2. The summed E-state index contributed by atoms with van der Waals surface area (Å²) in [6, 6.07) is 4.52. The molecule has 0 aromatic heterocycles. The van der Waals surface area contributed by atoms with Gasteiger partial charge in [-0.3, -0.25) is 33.8 Å². The monoisotopic (exact) mass is 550 g/mol. The lowest BCUT2D eigenvalue weighted by molar-refractivity contribution is -0.143. The Kier molecular flexibility index (Phi) is 5.84. The Bertz CT molecular complexity index is 1300. The second-order valence-corrected chi connectivity index (χ2v) is 11.1. The lowest BCUT2D eigenvalue weighted by Crippen LogP contribution is -2.60. The molecule has 10 nitrogen and oxygen atoms in total. The molecule has 12 heteroatoms. The van der Waals surface area contributed by atoms with Crippen LogP contribution in [0.5, 0.6) is 11.5 Å². The van der Waals surface area contributed by atoms with E-state index in [1.165, 1.54) is 20.2 Å². The second-order valence-electron chi connectivity index (χ2n) is 9.86. The van der Waals surface area contributed by atoms with Crippen LogP contribution >= 0.6 is 23.2 Å². The summed E-state index contributed by atoms with van der Waals surface area (Å²) in [5.41, 5.74) is 0.653. The number of halogens is 2. The molecule has 1 saturated carbocycles. The highest BCUT2D eigenvalue weighted by Crippen LogP contribution is 2.66. The summed E-state index contributed by atoms with van der Waals surface area (Å²) in [4.78, 5) is 62.4. The maximum absolute atomic E-state index is 13.5. The van der Waals surface area contributed by atoms with Gasteiger partial charge < -0.3 is 14.9 Å². The van der Waals surface area contributed by atoms with E-state index < -0.39 is 69.4 Å². The molecule has 2 saturated heterocycles. The Morgan fingerprint density at radius 1 is 1.14 bits per heavy atom. The lowest BCUT2D eigenvalue weighted by Gasteiger charge is -2.51. The van der Waals surface area contributed by atoms with Crippen molar-refractivity contribution >= 4 is 52.8 Å². The number of rotatable bonds is 5. The molecule has 4 amide bonds. The smallest absolute Gasteiger partial charge is 0.305 e. The minimum Gasteiger partial charge on any atom is -0.508 e. The Morgan fingerprint density at radius 3 is 2.49 bits per heavy atom. The number of nitrogens with zero attached hydrogens (tertiary/aromatic N) is 2. The van der Waals surface area contributed by atoms with E-state index in [0.717, 1.165) is 9.80 Å². The van der Waals surface area contributed by atoms with Gasteiger partial charge in [0, 0.05) is 25.1 Å². The molecule has 2 aliphatic heterocycles. The summed E-state index contributed by atoms with van der Waals surface area (Å²) >= 11 is 14.1. The van der Waals surface area contributed by atoms with Crippen LogP contribution in [-0.2, 0) is 24.0 Å². The largest absolute Gasteiger partial charge is 0.508 e. The molecule has 0 radical (unpaired) electrons. The number of fused-ring (bicyclic) bond motifs is 4. The molecular formula is C25H24Cl2N2O8. The van der Waals surface area contributed by atoms with Crippen LogP contribution in [0.3, 0.4) is 0 Å². The number of carbonyl (C=O) groups is 5. The number of benzene rings is 1. The van der Waals surface area contributed by atoms with Crippen molar-refractivity contribution in [2.75, 3.05) is 20.7 Å². The molecule has 2 heterocycles. The maximum Gasteiger partial charge on any atom is 0.305 e. The highest BCUT2D eigenvalue weighted by molar-refractivity contribution is 6.53. The Labute approximate surface area is 221 Å². The molecular weight excluding hydrogens is 527 g/mol. The van der Waals surface area contributed by atoms with Crippen LogP contribution in [0, 0.1) is 17.8 Å². The first-order chi connectivity index (χ1) is 17.4. The van der Waals surface area contributed by atoms with Crippen LogP contribution in [0.4, 0.5) is 0 Å². The van der Waals surface area contributed by atoms with E-state index in [4.69, 9.17) is 33.0 Å². The van der Waals surface area contributed by atoms with Crippen LogP contribution in [0.2, 0.25) is 0 Å². The molecule has 0 bridgehead atoms. The molecule has 1 aromatic carbocycles. The number of aliphatic carboxylic acids is 1. The highest BCUT2D eigenvalue weighted by atomic mass is 35.5. The van der Waals surface area contributed by atoms with Crippen molar-refractivity contribution in [3.63, 3.8) is 0 Å². The van der Waals surface area contributed by atoms with Gasteiger partial charge in [-0.25, -0.2) is 0 Å². The van der Waals surface area contributed by atoms with Gasteiger partial charge in [0.15, 0.2) is 9.75 Å². The normalized spacial score (nSPS) is 34.8. The van der Waals surface area contributed by atoms with E-state index in [1.54, 1.807) is 18.2 Å². The van der Waals surface area contributed by atoms with E-state index >= 15 is 0 Å². The fraction of sp³-hybridized carbons (Fsp3) is 0.480. The van der Waals surface area contributed by atoms with Crippen LogP contribution in [0.1, 0.15) is 30.7 Å². The van der Waals surface area contributed by atoms with Crippen LogP contribution < -0.4 is 4.74 Å². The number of methoxy groups -OCH3 is 1. The first kappa shape index (κ1) is 25.5. The van der Waals surface area contributed by atoms with Gasteiger partial charge in [-0.2, -0.15) is 0 Å². The molecule has 0 spiro atoms. The Morgan fingerprint density at radius 2 is 1.84 bits per heavy atom. The molecule has 2 aliphatic carbocycles. The molecule has 6 atom stereocenters. The number of carbonyl (C=O) groups excluding carboxylic acids is 4. The van der Waals surface area contributed by atoms with Crippen molar-refractivity contribution in [1.29, 1.82) is 0 Å². The number of imide groups is 2. The number of aromatic hydroxyl groups is 1. The van der Waals surface area contributed by atoms with Gasteiger partial charge >= 0.3 is 5.97 Å². The van der Waals surface area contributed by atoms with Gasteiger partial charge in [-0.15, -0.1) is 23.2 Å². The molecule has 2 N–H and O–H groups in total. The van der Waals surface area contributed by atoms with Gasteiger partial charge in [-0.05, 0) is 30.9 Å². The van der Waals surface area contributed by atoms with Gasteiger partial charge in [-0.1, -0.05) is 17.7 Å². The molecule has 6 unspecified atom stereocenters. The standard InChI is InChI=1S/C25H24Cl2N2O8/c1-28-22(35)24(26)10-13-11(6-7-12-17(13)21(34)29(20(12)33)9-8-16(31)32)19(25(24,27)23(28)36)18-14(30)4-3-5-15(18)37-2/h3-6,12-13,17,19,30H,7-10H2,1-2H3,(H,31,32). The molecule has 196 valence electrons. The van der Waals surface area contributed by atoms with E-state index in [9.17, 15) is 29.1 Å². The molecule has 4 aliphatic rings. The van der Waals surface area contributed by atoms with E-state index in [-0.39, 0.29) is 36.4 Å². The average molecular weight is 551 g/mol. The molecule has 5 rings (SSSR count). The fourth-order valence-electron chi connectivity index (χ4n) is 6.55. The molecule has 1 aromatic rings. The minimum absolute atomic E-state index is 0.136. The van der Waals surface area contributed by atoms with E-state index in [2.05, 4.69) is 0 Å². The third-order valence-corrected chi connectivity index (χ3v) is 9.62. The van der Waals surface area contributed by atoms with Gasteiger partial charge in [0.05, 0.1) is 25.4 Å². The third-order valence-electron chi connectivity index (χ3n) is 8.21. The van der Waals surface area contributed by atoms with Crippen molar-refractivity contribution in [1.82, 2.24) is 9.80 Å². The number of ether oxygens (including phenoxy) is 1. The van der Waals surface area contributed by atoms with Crippen molar-refractivity contribution < 1.29 is 38.9 Å². The summed E-state index contributed by atoms with van der Waals surface area (Å²) < 4.78 is 5.49. The van der Waals surface area contributed by atoms with Gasteiger partial charge in [0.25, 0.3) is 11.8 Å². The second kappa shape index (κ2) is 8.46. The number of amides is 4. The minimum atomic E-state index is -2.05. The summed E-state index contributed by atoms with van der Waals surface area (Å²) in [5.74, 6) is -7.32. The van der Waals surface area contributed by atoms with Crippen LogP contribution in [0.25, 0.3) is 0 Å². The predicted octanol–water partition coefficient (Wildman–Crippen LogP) is 1.86. The number of hydrogen-bond acceptors (Lipinski definition) is 7. The molecule has 37 heavy (non-hydrogen) atoms. The zero-order valence-electron chi connectivity index (χ0n) is 19.9. The lowest BCUT2D eigenvalue weighted by atomic mass is 9.56. The third kappa shape index (κ3) is 3.21. The van der Waals surface area contributed by atoms with Crippen molar-refractivity contribution in [2.24, 2.45) is 17.8 Å². The predicted molar refractivity (Wildman–Crippen MR) is 129 cm³/mol. The number of phenols is 1. The van der Waals surface area contributed by atoms with Crippen molar-refractivity contribution in [3.05, 3.63) is 35.4 Å². The maximum atomic E-state index is 13.5. The SMILES string of the molecule is COc1cccc(O)c1C1C2=CCC3C(=O)N(CCC(=O)O)C(=O)C3C2CC2(Cl)C(=O)N(C)C(=O)C12Cl.